The van der Waals surface area contributed by atoms with E-state index in [2.05, 4.69) is 0 Å². The Kier molecular flexibility index (Phi) is 4.46. The number of ether oxygens (including phenoxy) is 1. The highest BCUT2D eigenvalue weighted by Gasteiger charge is 2.48. The van der Waals surface area contributed by atoms with Gasteiger partial charge in [0, 0.05) is 18.5 Å². The minimum Gasteiger partial charge on any atom is -0.449 e. The van der Waals surface area contributed by atoms with Crippen molar-refractivity contribution in [3.8, 4) is 0 Å². The predicted octanol–water partition coefficient (Wildman–Crippen LogP) is 3.76. The van der Waals surface area contributed by atoms with Crippen LogP contribution in [0.25, 0.3) is 0 Å². The number of piperidine rings is 1. The maximum atomic E-state index is 13.7. The van der Waals surface area contributed by atoms with Gasteiger partial charge in [0.2, 0.25) is 5.91 Å². The van der Waals surface area contributed by atoms with Gasteiger partial charge in [-0.15, -0.1) is 0 Å². The lowest BCUT2D eigenvalue weighted by Gasteiger charge is -2.39. The van der Waals surface area contributed by atoms with E-state index >= 15 is 0 Å². The molecule has 1 saturated heterocycles. The molecule has 2 aliphatic rings. The number of carbonyl (C=O) groups is 2. The van der Waals surface area contributed by atoms with Gasteiger partial charge in [0.1, 0.15) is 5.82 Å². The Morgan fingerprint density at radius 1 is 1.26 bits per heavy atom. The van der Waals surface area contributed by atoms with Gasteiger partial charge in [-0.3, -0.25) is 4.79 Å². The third-order valence-corrected chi connectivity index (χ3v) is 5.60. The van der Waals surface area contributed by atoms with Crippen molar-refractivity contribution < 1.29 is 18.7 Å². The number of nitrogens with zero attached hydrogens (tertiary/aromatic N) is 1. The zero-order valence-corrected chi connectivity index (χ0v) is 15.3. The maximum Gasteiger partial charge on any atom is 0.339 e. The molecule has 0 saturated carbocycles. The van der Waals surface area contributed by atoms with Crippen LogP contribution in [-0.2, 0) is 21.6 Å². The van der Waals surface area contributed by atoms with E-state index in [1.807, 2.05) is 24.3 Å². The molecule has 0 aromatic heterocycles. The van der Waals surface area contributed by atoms with Crippen LogP contribution >= 0.6 is 0 Å². The summed E-state index contributed by atoms with van der Waals surface area (Å²) >= 11 is 0. The molecule has 0 bridgehead atoms. The minimum absolute atomic E-state index is 0.00971. The first-order chi connectivity index (χ1) is 13.0. The standard InChI is InChI=1S/C22H22FNO3/c1-15-7-8-16(13-19(15)23)9-10-20(25)24-12-4-11-22(14-24)18-6-3-2-5-17(18)21(26)27-22/h2-3,5-8,13H,4,9-12,14H2,1H3. The highest BCUT2D eigenvalue weighted by Crippen LogP contribution is 2.42. The number of esters is 1. The molecule has 4 nitrogen and oxygen atoms in total. The van der Waals surface area contributed by atoms with Gasteiger partial charge in [-0.2, -0.15) is 0 Å². The molecular weight excluding hydrogens is 345 g/mol. The van der Waals surface area contributed by atoms with E-state index in [0.29, 0.717) is 37.1 Å². The molecule has 1 amide bonds. The quantitative estimate of drug-likeness (QED) is 0.776. The second-order valence-corrected chi connectivity index (χ2v) is 7.43. The molecule has 2 aromatic carbocycles. The summed E-state index contributed by atoms with van der Waals surface area (Å²) in [6, 6.07) is 12.5. The van der Waals surface area contributed by atoms with Crippen molar-refractivity contribution in [1.82, 2.24) is 4.90 Å². The largest absolute Gasteiger partial charge is 0.449 e. The fourth-order valence-corrected chi connectivity index (χ4v) is 4.08. The number of hydrogen-bond acceptors (Lipinski definition) is 3. The van der Waals surface area contributed by atoms with Crippen molar-refractivity contribution in [1.29, 1.82) is 0 Å². The number of likely N-dealkylation sites (tertiary alicyclic amines) is 1. The van der Waals surface area contributed by atoms with Gasteiger partial charge in [0.25, 0.3) is 0 Å². The van der Waals surface area contributed by atoms with Gasteiger partial charge in [0.05, 0.1) is 12.1 Å². The summed E-state index contributed by atoms with van der Waals surface area (Å²) in [5, 5.41) is 0. The summed E-state index contributed by atoms with van der Waals surface area (Å²) < 4.78 is 19.4. The smallest absolute Gasteiger partial charge is 0.339 e. The van der Waals surface area contributed by atoms with Crippen molar-refractivity contribution >= 4 is 11.9 Å². The molecule has 0 radical (unpaired) electrons. The van der Waals surface area contributed by atoms with E-state index in [0.717, 1.165) is 24.0 Å². The minimum atomic E-state index is -0.725. The maximum absolute atomic E-state index is 13.7. The lowest BCUT2D eigenvalue weighted by atomic mass is 9.85. The van der Waals surface area contributed by atoms with Crippen LogP contribution < -0.4 is 0 Å². The Hall–Kier alpha value is -2.69. The average molecular weight is 367 g/mol. The van der Waals surface area contributed by atoms with Crippen LogP contribution in [-0.4, -0.2) is 29.9 Å². The van der Waals surface area contributed by atoms with Crippen LogP contribution in [0.3, 0.4) is 0 Å². The highest BCUT2D eigenvalue weighted by atomic mass is 19.1. The van der Waals surface area contributed by atoms with Crippen molar-refractivity contribution in [2.45, 2.75) is 38.2 Å². The molecule has 140 valence electrons. The van der Waals surface area contributed by atoms with Crippen LogP contribution in [0.1, 0.15) is 46.3 Å². The van der Waals surface area contributed by atoms with Crippen molar-refractivity contribution in [2.24, 2.45) is 0 Å². The SMILES string of the molecule is Cc1ccc(CCC(=O)N2CCCC3(C2)OC(=O)c2ccccc23)cc1F. The zero-order valence-electron chi connectivity index (χ0n) is 15.3. The van der Waals surface area contributed by atoms with E-state index in [1.165, 1.54) is 6.07 Å². The molecule has 2 heterocycles. The fraction of sp³-hybridized carbons (Fsp3) is 0.364. The van der Waals surface area contributed by atoms with E-state index < -0.39 is 5.60 Å². The van der Waals surface area contributed by atoms with Gasteiger partial charge in [-0.05, 0) is 49.4 Å². The third kappa shape index (κ3) is 3.22. The predicted molar refractivity (Wildman–Crippen MR) is 98.8 cm³/mol. The summed E-state index contributed by atoms with van der Waals surface area (Å²) in [4.78, 5) is 26.8. The van der Waals surface area contributed by atoms with Gasteiger partial charge < -0.3 is 9.64 Å². The Morgan fingerprint density at radius 3 is 2.89 bits per heavy atom. The van der Waals surface area contributed by atoms with Crippen LogP contribution in [0.4, 0.5) is 4.39 Å². The molecule has 2 aliphatic heterocycles. The second-order valence-electron chi connectivity index (χ2n) is 7.43. The van der Waals surface area contributed by atoms with Gasteiger partial charge in [0.15, 0.2) is 5.60 Å². The molecule has 1 spiro atoms. The van der Waals surface area contributed by atoms with Gasteiger partial charge in [-0.25, -0.2) is 9.18 Å². The summed E-state index contributed by atoms with van der Waals surface area (Å²) in [5.74, 6) is -0.545. The number of fused-ring (bicyclic) bond motifs is 2. The van der Waals surface area contributed by atoms with Gasteiger partial charge >= 0.3 is 5.97 Å². The summed E-state index contributed by atoms with van der Waals surface area (Å²) in [5.41, 5.74) is 2.17. The topological polar surface area (TPSA) is 46.6 Å². The number of aryl methyl sites for hydroxylation is 2. The average Bonchev–Trinajstić information content (AvgIpc) is 2.94. The Labute approximate surface area is 157 Å². The second kappa shape index (κ2) is 6.80. The summed E-state index contributed by atoms with van der Waals surface area (Å²) in [7, 11) is 0. The van der Waals surface area contributed by atoms with Crippen molar-refractivity contribution in [3.05, 3.63) is 70.5 Å². The molecule has 1 unspecified atom stereocenters. The lowest BCUT2D eigenvalue weighted by Crippen LogP contribution is -2.48. The number of carbonyl (C=O) groups excluding carboxylic acids is 2. The summed E-state index contributed by atoms with van der Waals surface area (Å²) in [6.45, 7) is 2.76. The highest BCUT2D eigenvalue weighted by molar-refractivity contribution is 5.95. The monoisotopic (exact) mass is 367 g/mol. The number of hydrogen-bond donors (Lipinski definition) is 0. The molecular formula is C22H22FNO3. The molecule has 0 aliphatic carbocycles. The van der Waals surface area contributed by atoms with Crippen LogP contribution in [0.5, 0.6) is 0 Å². The van der Waals surface area contributed by atoms with E-state index in [9.17, 15) is 14.0 Å². The first-order valence-electron chi connectivity index (χ1n) is 9.34. The summed E-state index contributed by atoms with van der Waals surface area (Å²) in [6.07, 6.45) is 2.32. The Morgan fingerprint density at radius 2 is 2.07 bits per heavy atom. The Balaban J connectivity index is 1.46. The number of rotatable bonds is 3. The lowest BCUT2D eigenvalue weighted by molar-refractivity contribution is -0.138. The number of benzene rings is 2. The van der Waals surface area contributed by atoms with Crippen LogP contribution in [0, 0.1) is 12.7 Å². The first kappa shape index (κ1) is 17.7. The molecule has 2 aromatic rings. The van der Waals surface area contributed by atoms with E-state index in [-0.39, 0.29) is 17.7 Å². The molecule has 1 fully saturated rings. The van der Waals surface area contributed by atoms with Crippen LogP contribution in [0.2, 0.25) is 0 Å². The molecule has 4 rings (SSSR count). The van der Waals surface area contributed by atoms with Crippen LogP contribution in [0.15, 0.2) is 42.5 Å². The zero-order chi connectivity index (χ0) is 19.0. The molecule has 27 heavy (non-hydrogen) atoms. The fourth-order valence-electron chi connectivity index (χ4n) is 4.08. The number of amides is 1. The van der Waals surface area contributed by atoms with Crippen molar-refractivity contribution in [2.75, 3.05) is 13.1 Å². The van der Waals surface area contributed by atoms with E-state index in [4.69, 9.17) is 4.74 Å². The first-order valence-corrected chi connectivity index (χ1v) is 9.34. The van der Waals surface area contributed by atoms with Gasteiger partial charge in [-0.1, -0.05) is 30.3 Å². The number of halogens is 1. The molecule has 1 atom stereocenters. The molecule has 0 N–H and O–H groups in total. The molecule has 5 heteroatoms. The van der Waals surface area contributed by atoms with Crippen molar-refractivity contribution in [3.63, 3.8) is 0 Å². The normalized spacial score (nSPS) is 21.3. The third-order valence-electron chi connectivity index (χ3n) is 5.60. The Bertz CT molecular complexity index is 910. The van der Waals surface area contributed by atoms with E-state index in [1.54, 1.807) is 24.0 Å².